The lowest BCUT2D eigenvalue weighted by Crippen LogP contribution is -2.38. The van der Waals surface area contributed by atoms with Crippen LogP contribution in [-0.4, -0.2) is 47.4 Å². The minimum Gasteiger partial charge on any atom is -0.466 e. The van der Waals surface area contributed by atoms with Crippen molar-refractivity contribution in [3.05, 3.63) is 0 Å². The Hall–Kier alpha value is -0.433. The van der Waals surface area contributed by atoms with Crippen LogP contribution in [-0.2, 0) is 18.4 Å². The molecular formula is C14H31NO4Si. The van der Waals surface area contributed by atoms with Crippen LogP contribution in [0.15, 0.2) is 0 Å². The molecular weight excluding hydrogens is 274 g/mol. The van der Waals surface area contributed by atoms with Gasteiger partial charge in [0.2, 0.25) is 0 Å². The number of hydrogen-bond donors (Lipinski definition) is 1. The summed E-state index contributed by atoms with van der Waals surface area (Å²) in [6.07, 6.45) is 2.61. The third kappa shape index (κ3) is 10.4. The molecule has 0 unspecified atom stereocenters. The van der Waals surface area contributed by atoms with E-state index in [4.69, 9.17) is 13.6 Å². The van der Waals surface area contributed by atoms with E-state index in [-0.39, 0.29) is 5.97 Å². The first-order valence-electron chi connectivity index (χ1n) is 7.72. The molecule has 0 aromatic rings. The standard InChI is InChI=1S/C14H31NO4Si/c1-5-17-14(16)10-12-15-11-8-9-13-20(4,18-6-2)19-7-3/h15H,5-13H2,1-4H3. The van der Waals surface area contributed by atoms with Gasteiger partial charge in [-0.25, -0.2) is 0 Å². The zero-order valence-electron chi connectivity index (χ0n) is 13.5. The Bertz CT molecular complexity index is 245. The van der Waals surface area contributed by atoms with Gasteiger partial charge in [-0.05, 0) is 46.3 Å². The molecule has 0 radical (unpaired) electrons. The highest BCUT2D eigenvalue weighted by molar-refractivity contribution is 6.66. The van der Waals surface area contributed by atoms with Crippen LogP contribution in [0, 0.1) is 0 Å². The van der Waals surface area contributed by atoms with Crippen LogP contribution in [0.4, 0.5) is 0 Å². The van der Waals surface area contributed by atoms with Crippen molar-refractivity contribution in [1.82, 2.24) is 5.32 Å². The van der Waals surface area contributed by atoms with Crippen molar-refractivity contribution >= 4 is 14.5 Å². The molecule has 0 bridgehead atoms. The zero-order chi connectivity index (χ0) is 15.3. The van der Waals surface area contributed by atoms with Gasteiger partial charge in [-0.1, -0.05) is 6.42 Å². The third-order valence-corrected chi connectivity index (χ3v) is 6.01. The normalized spacial score (nSPS) is 11.6. The first-order chi connectivity index (χ1) is 9.58. The predicted molar refractivity (Wildman–Crippen MR) is 83.0 cm³/mol. The van der Waals surface area contributed by atoms with Crippen LogP contribution in [0.1, 0.15) is 40.0 Å². The van der Waals surface area contributed by atoms with Crippen LogP contribution in [0.25, 0.3) is 0 Å². The molecule has 0 heterocycles. The van der Waals surface area contributed by atoms with Crippen LogP contribution < -0.4 is 5.32 Å². The van der Waals surface area contributed by atoms with Crippen molar-refractivity contribution in [1.29, 1.82) is 0 Å². The molecule has 0 amide bonds. The molecule has 1 N–H and O–H groups in total. The van der Waals surface area contributed by atoms with E-state index in [1.165, 1.54) is 0 Å². The average molecular weight is 305 g/mol. The number of hydrogen-bond acceptors (Lipinski definition) is 5. The summed E-state index contributed by atoms with van der Waals surface area (Å²) in [6.45, 7) is 11.5. The van der Waals surface area contributed by atoms with Gasteiger partial charge in [0, 0.05) is 19.8 Å². The molecule has 0 saturated carbocycles. The molecule has 0 fully saturated rings. The van der Waals surface area contributed by atoms with Gasteiger partial charge in [0.25, 0.3) is 0 Å². The molecule has 0 rings (SSSR count). The van der Waals surface area contributed by atoms with Crippen LogP contribution >= 0.6 is 0 Å². The number of ether oxygens (including phenoxy) is 1. The summed E-state index contributed by atoms with van der Waals surface area (Å²) in [7, 11) is -1.95. The van der Waals surface area contributed by atoms with Gasteiger partial charge in [0.1, 0.15) is 0 Å². The fraction of sp³-hybridized carbons (Fsp3) is 0.929. The average Bonchev–Trinajstić information content (AvgIpc) is 2.38. The summed E-state index contributed by atoms with van der Waals surface area (Å²) in [5, 5.41) is 3.26. The van der Waals surface area contributed by atoms with E-state index >= 15 is 0 Å². The van der Waals surface area contributed by atoms with Crippen molar-refractivity contribution in [2.75, 3.05) is 32.9 Å². The molecule has 0 saturated heterocycles. The Morgan fingerprint density at radius 1 is 1.00 bits per heavy atom. The second-order valence-corrected chi connectivity index (χ2v) is 8.11. The van der Waals surface area contributed by atoms with Gasteiger partial charge >= 0.3 is 14.5 Å². The van der Waals surface area contributed by atoms with Crippen molar-refractivity contribution in [3.63, 3.8) is 0 Å². The SMILES string of the molecule is CCOC(=O)CCNCCCC[Si](C)(OCC)OCC. The fourth-order valence-corrected chi connectivity index (χ4v) is 4.53. The molecule has 0 aliphatic carbocycles. The number of unbranched alkanes of at least 4 members (excludes halogenated alkanes) is 1. The maximum Gasteiger partial charge on any atom is 0.334 e. The second-order valence-electron chi connectivity index (χ2n) is 4.76. The molecule has 6 heteroatoms. The lowest BCUT2D eigenvalue weighted by Gasteiger charge is -2.25. The van der Waals surface area contributed by atoms with E-state index in [0.717, 1.165) is 38.6 Å². The highest BCUT2D eigenvalue weighted by Crippen LogP contribution is 2.16. The summed E-state index contributed by atoms with van der Waals surface area (Å²) in [6, 6.07) is 1.02. The third-order valence-electron chi connectivity index (χ3n) is 2.95. The summed E-state index contributed by atoms with van der Waals surface area (Å²) in [5.74, 6) is -0.132. The molecule has 0 aromatic carbocycles. The lowest BCUT2D eigenvalue weighted by molar-refractivity contribution is -0.142. The van der Waals surface area contributed by atoms with Gasteiger partial charge in [0.15, 0.2) is 0 Å². The Balaban J connectivity index is 3.57. The summed E-state index contributed by atoms with van der Waals surface area (Å²) in [4.78, 5) is 11.1. The molecule has 120 valence electrons. The second kappa shape index (κ2) is 12.3. The fourth-order valence-electron chi connectivity index (χ4n) is 2.04. The van der Waals surface area contributed by atoms with E-state index in [1.54, 1.807) is 0 Å². The van der Waals surface area contributed by atoms with Crippen LogP contribution in [0.2, 0.25) is 12.6 Å². The Morgan fingerprint density at radius 3 is 2.20 bits per heavy atom. The predicted octanol–water partition coefficient (Wildman–Crippen LogP) is 2.45. The molecule has 0 aliphatic heterocycles. The number of carbonyl (C=O) groups is 1. The van der Waals surface area contributed by atoms with Crippen LogP contribution in [0.3, 0.4) is 0 Å². The van der Waals surface area contributed by atoms with Crippen molar-refractivity contribution in [2.45, 2.75) is 52.6 Å². The van der Waals surface area contributed by atoms with Gasteiger partial charge in [-0.3, -0.25) is 4.79 Å². The minimum absolute atomic E-state index is 0.132. The van der Waals surface area contributed by atoms with E-state index in [2.05, 4.69) is 11.9 Å². The maximum absolute atomic E-state index is 11.1. The summed E-state index contributed by atoms with van der Waals surface area (Å²) >= 11 is 0. The monoisotopic (exact) mass is 305 g/mol. The highest BCUT2D eigenvalue weighted by Gasteiger charge is 2.29. The van der Waals surface area contributed by atoms with E-state index in [9.17, 15) is 4.79 Å². The van der Waals surface area contributed by atoms with Gasteiger partial charge in [-0.2, -0.15) is 0 Å². The van der Waals surface area contributed by atoms with E-state index in [1.807, 2.05) is 20.8 Å². The molecule has 5 nitrogen and oxygen atoms in total. The van der Waals surface area contributed by atoms with Crippen molar-refractivity contribution in [2.24, 2.45) is 0 Å². The molecule has 0 aromatic heterocycles. The van der Waals surface area contributed by atoms with Crippen molar-refractivity contribution < 1.29 is 18.4 Å². The molecule has 0 atom stereocenters. The smallest absolute Gasteiger partial charge is 0.334 e. The molecule has 20 heavy (non-hydrogen) atoms. The van der Waals surface area contributed by atoms with Gasteiger partial charge in [-0.15, -0.1) is 0 Å². The van der Waals surface area contributed by atoms with Crippen LogP contribution in [0.5, 0.6) is 0 Å². The summed E-state index contributed by atoms with van der Waals surface area (Å²) in [5.41, 5.74) is 0. The Morgan fingerprint density at radius 2 is 1.65 bits per heavy atom. The first kappa shape index (κ1) is 19.6. The number of esters is 1. The van der Waals surface area contributed by atoms with E-state index in [0.29, 0.717) is 19.6 Å². The van der Waals surface area contributed by atoms with Crippen molar-refractivity contribution in [3.8, 4) is 0 Å². The quantitative estimate of drug-likeness (QED) is 0.322. The molecule has 0 aliphatic rings. The highest BCUT2D eigenvalue weighted by atomic mass is 28.4. The van der Waals surface area contributed by atoms with E-state index < -0.39 is 8.56 Å². The Kier molecular flexibility index (Phi) is 12.1. The number of carbonyl (C=O) groups excluding carboxylic acids is 1. The Labute approximate surface area is 124 Å². The largest absolute Gasteiger partial charge is 0.466 e. The first-order valence-corrected chi connectivity index (χ1v) is 10.2. The summed E-state index contributed by atoms with van der Waals surface area (Å²) < 4.78 is 16.4. The maximum atomic E-state index is 11.1. The molecule has 0 spiro atoms. The van der Waals surface area contributed by atoms with Gasteiger partial charge in [0.05, 0.1) is 13.0 Å². The minimum atomic E-state index is -1.95. The topological polar surface area (TPSA) is 56.8 Å². The zero-order valence-corrected chi connectivity index (χ0v) is 14.5. The lowest BCUT2D eigenvalue weighted by atomic mass is 10.3. The number of rotatable bonds is 13. The number of nitrogens with one attached hydrogen (secondary N) is 1. The van der Waals surface area contributed by atoms with Gasteiger partial charge < -0.3 is 18.9 Å².